The van der Waals surface area contributed by atoms with Crippen molar-refractivity contribution in [3.8, 4) is 0 Å². The van der Waals surface area contributed by atoms with Crippen molar-refractivity contribution in [1.29, 1.82) is 0 Å². The number of fused-ring (bicyclic) bond motifs is 2. The van der Waals surface area contributed by atoms with Crippen LogP contribution in [0.3, 0.4) is 0 Å². The molecule has 2 aliphatic rings. The zero-order valence-corrected chi connectivity index (χ0v) is 7.54. The number of ether oxygens (including phenoxy) is 1. The van der Waals surface area contributed by atoms with Gasteiger partial charge in [-0.1, -0.05) is 26.0 Å². The molecule has 0 spiro atoms. The number of ketones is 1. The summed E-state index contributed by atoms with van der Waals surface area (Å²) in [7, 11) is 0. The van der Waals surface area contributed by atoms with E-state index in [9.17, 15) is 4.79 Å². The number of carbonyl (C=O) groups excluding carboxylic acids is 1. The maximum absolute atomic E-state index is 11.3. The van der Waals surface area contributed by atoms with Gasteiger partial charge in [0.15, 0.2) is 0 Å². The lowest BCUT2D eigenvalue weighted by molar-refractivity contribution is -0.142. The predicted molar refractivity (Wildman–Crippen MR) is 45.8 cm³/mol. The summed E-state index contributed by atoms with van der Waals surface area (Å²) in [6.45, 7) is 4.20. The smallest absolute Gasteiger partial charge is 0.139 e. The van der Waals surface area contributed by atoms with Crippen LogP contribution in [-0.2, 0) is 9.53 Å². The number of Topliss-reactive ketones (excluding diaryl/α,β-unsaturated/α-hetero) is 1. The van der Waals surface area contributed by atoms with E-state index >= 15 is 0 Å². The fraction of sp³-hybridized carbons (Fsp3) is 0.700. The molecule has 0 amide bonds. The topological polar surface area (TPSA) is 26.3 Å². The van der Waals surface area contributed by atoms with E-state index in [0.29, 0.717) is 24.5 Å². The van der Waals surface area contributed by atoms with Gasteiger partial charge in [-0.05, 0) is 5.92 Å². The molecule has 1 saturated heterocycles. The summed E-state index contributed by atoms with van der Waals surface area (Å²) in [5.41, 5.74) is -0.264. The highest BCUT2D eigenvalue weighted by Gasteiger charge is 2.44. The highest BCUT2D eigenvalue weighted by Crippen LogP contribution is 2.39. The lowest BCUT2D eigenvalue weighted by atomic mass is 9.85. The van der Waals surface area contributed by atoms with Crippen molar-refractivity contribution in [2.75, 3.05) is 0 Å². The second-order valence-corrected chi connectivity index (χ2v) is 4.04. The number of rotatable bonds is 1. The molecule has 2 atom stereocenters. The predicted octanol–water partition coefficient (Wildman–Crippen LogP) is 1.70. The minimum absolute atomic E-state index is 0.0636. The Morgan fingerprint density at radius 1 is 1.67 bits per heavy atom. The van der Waals surface area contributed by atoms with Gasteiger partial charge in [0, 0.05) is 12.8 Å². The second kappa shape index (κ2) is 2.43. The van der Waals surface area contributed by atoms with Crippen molar-refractivity contribution >= 4 is 5.78 Å². The Kier molecular flexibility index (Phi) is 1.62. The minimum Gasteiger partial charge on any atom is -0.362 e. The van der Waals surface area contributed by atoms with Crippen LogP contribution in [-0.4, -0.2) is 17.5 Å². The Labute approximate surface area is 72.6 Å². The molecule has 2 heterocycles. The zero-order chi connectivity index (χ0) is 8.77. The summed E-state index contributed by atoms with van der Waals surface area (Å²) in [6, 6.07) is 0. The quantitative estimate of drug-likeness (QED) is 0.554. The first-order valence-corrected chi connectivity index (χ1v) is 4.51. The molecule has 0 aromatic rings. The molecule has 2 rings (SSSR count). The highest BCUT2D eigenvalue weighted by molar-refractivity contribution is 5.82. The summed E-state index contributed by atoms with van der Waals surface area (Å²) in [4.78, 5) is 11.3. The Bertz CT molecular complexity index is 242. The van der Waals surface area contributed by atoms with Gasteiger partial charge >= 0.3 is 0 Å². The fourth-order valence-electron chi connectivity index (χ4n) is 1.98. The molecule has 0 N–H and O–H groups in total. The van der Waals surface area contributed by atoms with Crippen LogP contribution in [0.2, 0.25) is 0 Å². The fourth-order valence-corrected chi connectivity index (χ4v) is 1.98. The molecule has 12 heavy (non-hydrogen) atoms. The molecule has 1 fully saturated rings. The van der Waals surface area contributed by atoms with Crippen LogP contribution in [0.1, 0.15) is 26.7 Å². The number of hydrogen-bond acceptors (Lipinski definition) is 2. The van der Waals surface area contributed by atoms with Crippen LogP contribution in [0.4, 0.5) is 0 Å². The largest absolute Gasteiger partial charge is 0.362 e. The Morgan fingerprint density at radius 3 is 3.08 bits per heavy atom. The van der Waals surface area contributed by atoms with E-state index in [1.54, 1.807) is 0 Å². The van der Waals surface area contributed by atoms with Gasteiger partial charge in [0.1, 0.15) is 5.78 Å². The first-order chi connectivity index (χ1) is 5.62. The lowest BCUT2D eigenvalue weighted by Gasteiger charge is -2.35. The summed E-state index contributed by atoms with van der Waals surface area (Å²) in [5.74, 6) is 0.730. The summed E-state index contributed by atoms with van der Waals surface area (Å²) >= 11 is 0. The zero-order valence-electron chi connectivity index (χ0n) is 7.54. The standard InChI is InChI=1S/C10H14O2/c1-7(2)10-4-3-9(12-10)5-8(11)6-10/h3-4,7,9H,5-6H2,1-2H3. The summed E-state index contributed by atoms with van der Waals surface area (Å²) in [6.07, 6.45) is 5.31. The normalized spacial score (nSPS) is 39.6. The monoisotopic (exact) mass is 166 g/mol. The van der Waals surface area contributed by atoms with E-state index in [2.05, 4.69) is 19.9 Å². The van der Waals surface area contributed by atoms with Crippen molar-refractivity contribution in [3.63, 3.8) is 0 Å². The van der Waals surface area contributed by atoms with Gasteiger partial charge < -0.3 is 4.74 Å². The maximum Gasteiger partial charge on any atom is 0.139 e. The lowest BCUT2D eigenvalue weighted by Crippen LogP contribution is -2.42. The molecule has 0 saturated carbocycles. The molecule has 66 valence electrons. The van der Waals surface area contributed by atoms with Gasteiger partial charge in [-0.3, -0.25) is 4.79 Å². The molecule has 0 aromatic carbocycles. The number of hydrogen-bond donors (Lipinski definition) is 0. The first-order valence-electron chi connectivity index (χ1n) is 4.51. The molecule has 2 heteroatoms. The van der Waals surface area contributed by atoms with Gasteiger partial charge in [-0.15, -0.1) is 0 Å². The van der Waals surface area contributed by atoms with E-state index in [-0.39, 0.29) is 11.7 Å². The summed E-state index contributed by atoms with van der Waals surface area (Å²) < 4.78 is 5.78. The Balaban J connectivity index is 2.27. The van der Waals surface area contributed by atoms with Crippen LogP contribution in [0.15, 0.2) is 12.2 Å². The van der Waals surface area contributed by atoms with Gasteiger partial charge in [-0.2, -0.15) is 0 Å². The van der Waals surface area contributed by atoms with Crippen LogP contribution >= 0.6 is 0 Å². The number of carbonyl (C=O) groups is 1. The first kappa shape index (κ1) is 7.99. The Hall–Kier alpha value is -0.630. The van der Waals surface area contributed by atoms with Gasteiger partial charge in [0.2, 0.25) is 0 Å². The molecule has 0 aromatic heterocycles. The average Bonchev–Trinajstić information content (AvgIpc) is 2.28. The van der Waals surface area contributed by atoms with E-state index in [1.165, 1.54) is 0 Å². The van der Waals surface area contributed by atoms with Crippen LogP contribution in [0.5, 0.6) is 0 Å². The van der Waals surface area contributed by atoms with Gasteiger partial charge in [-0.25, -0.2) is 0 Å². The SMILES string of the molecule is CC(C)C12C=CC(CC(=O)C1)O2. The molecular formula is C10H14O2. The van der Waals surface area contributed by atoms with E-state index in [0.717, 1.165) is 0 Å². The third kappa shape index (κ3) is 1.02. The van der Waals surface area contributed by atoms with E-state index < -0.39 is 0 Å². The van der Waals surface area contributed by atoms with E-state index in [4.69, 9.17) is 4.74 Å². The molecule has 2 bridgehead atoms. The molecule has 2 aliphatic heterocycles. The minimum atomic E-state index is -0.264. The van der Waals surface area contributed by atoms with Crippen molar-refractivity contribution < 1.29 is 9.53 Å². The van der Waals surface area contributed by atoms with Crippen molar-refractivity contribution in [1.82, 2.24) is 0 Å². The van der Waals surface area contributed by atoms with Gasteiger partial charge in [0.25, 0.3) is 0 Å². The Morgan fingerprint density at radius 2 is 2.42 bits per heavy atom. The molecule has 0 aliphatic carbocycles. The summed E-state index contributed by atoms with van der Waals surface area (Å²) in [5, 5.41) is 0. The van der Waals surface area contributed by atoms with Crippen molar-refractivity contribution in [3.05, 3.63) is 12.2 Å². The van der Waals surface area contributed by atoms with Gasteiger partial charge in [0.05, 0.1) is 11.7 Å². The molecule has 0 radical (unpaired) electrons. The maximum atomic E-state index is 11.3. The third-order valence-electron chi connectivity index (χ3n) is 2.84. The highest BCUT2D eigenvalue weighted by atomic mass is 16.5. The third-order valence-corrected chi connectivity index (χ3v) is 2.84. The molecular weight excluding hydrogens is 152 g/mol. The average molecular weight is 166 g/mol. The van der Waals surface area contributed by atoms with Crippen molar-refractivity contribution in [2.45, 2.75) is 38.4 Å². The molecule has 2 unspecified atom stereocenters. The second-order valence-electron chi connectivity index (χ2n) is 4.04. The van der Waals surface area contributed by atoms with Crippen LogP contribution < -0.4 is 0 Å². The van der Waals surface area contributed by atoms with Crippen LogP contribution in [0, 0.1) is 5.92 Å². The van der Waals surface area contributed by atoms with E-state index in [1.807, 2.05) is 6.08 Å². The molecule has 2 nitrogen and oxygen atoms in total. The van der Waals surface area contributed by atoms with Crippen LogP contribution in [0.25, 0.3) is 0 Å². The van der Waals surface area contributed by atoms with Crippen molar-refractivity contribution in [2.24, 2.45) is 5.92 Å².